The predicted molar refractivity (Wildman–Crippen MR) is 66.0 cm³/mol. The average Bonchev–Trinajstić information content (AvgIpc) is 2.39. The van der Waals surface area contributed by atoms with E-state index in [0.717, 1.165) is 5.56 Å². The van der Waals surface area contributed by atoms with Crippen LogP contribution >= 0.6 is 0 Å². The Morgan fingerprint density at radius 3 is 2.50 bits per heavy atom. The van der Waals surface area contributed by atoms with Crippen molar-refractivity contribution < 1.29 is 14.7 Å². The lowest BCUT2D eigenvalue weighted by molar-refractivity contribution is -0.158. The molecule has 1 heterocycles. The fourth-order valence-electron chi connectivity index (χ4n) is 2.25. The number of rotatable bonds is 1. The first kappa shape index (κ1) is 12.6. The minimum Gasteiger partial charge on any atom is -0.474 e. The lowest BCUT2D eigenvalue weighted by atomic mass is 10.0. The smallest absolute Gasteiger partial charge is 0.394 e. The van der Waals surface area contributed by atoms with Gasteiger partial charge in [0.25, 0.3) is 0 Å². The molecule has 1 aliphatic heterocycles. The molecule has 0 spiro atoms. The van der Waals surface area contributed by atoms with Gasteiger partial charge in [0.2, 0.25) is 0 Å². The molecule has 1 aromatic carbocycles. The predicted octanol–water partition coefficient (Wildman–Crippen LogP) is 0.586. The molecule has 5 nitrogen and oxygen atoms in total. The SMILES string of the molecule is CN1CCN(C(=O)C(=O)O)[C@H](c2ccccc2)C1. The summed E-state index contributed by atoms with van der Waals surface area (Å²) in [5, 5.41) is 8.86. The highest BCUT2D eigenvalue weighted by atomic mass is 16.4. The van der Waals surface area contributed by atoms with E-state index >= 15 is 0 Å². The molecule has 96 valence electrons. The molecule has 1 atom stereocenters. The van der Waals surface area contributed by atoms with E-state index in [1.165, 1.54) is 4.90 Å². The number of hydrogen-bond acceptors (Lipinski definition) is 3. The minimum atomic E-state index is -1.39. The Kier molecular flexibility index (Phi) is 3.62. The van der Waals surface area contributed by atoms with Gasteiger partial charge in [0.1, 0.15) is 0 Å². The quantitative estimate of drug-likeness (QED) is 0.739. The fraction of sp³-hybridized carbons (Fsp3) is 0.385. The number of carboxylic acid groups (broad SMARTS) is 1. The van der Waals surface area contributed by atoms with Gasteiger partial charge in [-0.05, 0) is 12.6 Å². The van der Waals surface area contributed by atoms with Gasteiger partial charge in [-0.1, -0.05) is 30.3 Å². The van der Waals surface area contributed by atoms with Crippen molar-refractivity contribution in [3.05, 3.63) is 35.9 Å². The normalized spacial score (nSPS) is 20.7. The highest BCUT2D eigenvalue weighted by Crippen LogP contribution is 2.24. The summed E-state index contributed by atoms with van der Waals surface area (Å²) in [4.78, 5) is 26.1. The van der Waals surface area contributed by atoms with Crippen LogP contribution in [-0.4, -0.2) is 53.5 Å². The molecule has 2 rings (SSSR count). The largest absolute Gasteiger partial charge is 0.474 e. The monoisotopic (exact) mass is 248 g/mol. The summed E-state index contributed by atoms with van der Waals surface area (Å²) in [5.41, 5.74) is 0.971. The Morgan fingerprint density at radius 2 is 1.89 bits per heavy atom. The summed E-state index contributed by atoms with van der Waals surface area (Å²) < 4.78 is 0. The van der Waals surface area contributed by atoms with Gasteiger partial charge < -0.3 is 14.9 Å². The molecule has 18 heavy (non-hydrogen) atoms. The fourth-order valence-corrected chi connectivity index (χ4v) is 2.25. The molecule has 0 aromatic heterocycles. The number of carbonyl (C=O) groups excluding carboxylic acids is 1. The zero-order chi connectivity index (χ0) is 13.1. The Labute approximate surface area is 106 Å². The van der Waals surface area contributed by atoms with Crippen molar-refractivity contribution in [2.24, 2.45) is 0 Å². The van der Waals surface area contributed by atoms with Crippen molar-refractivity contribution in [3.8, 4) is 0 Å². The van der Waals surface area contributed by atoms with E-state index in [1.54, 1.807) is 0 Å². The highest BCUT2D eigenvalue weighted by molar-refractivity contribution is 6.31. The molecule has 1 fully saturated rings. The van der Waals surface area contributed by atoms with Crippen LogP contribution in [0.1, 0.15) is 11.6 Å². The number of carbonyl (C=O) groups is 2. The minimum absolute atomic E-state index is 0.187. The lowest BCUT2D eigenvalue weighted by Crippen LogP contribution is -2.51. The second-order valence-corrected chi connectivity index (χ2v) is 4.49. The van der Waals surface area contributed by atoms with Crippen LogP contribution in [-0.2, 0) is 9.59 Å². The van der Waals surface area contributed by atoms with E-state index in [4.69, 9.17) is 5.11 Å². The first-order valence-corrected chi connectivity index (χ1v) is 5.87. The van der Waals surface area contributed by atoms with Gasteiger partial charge in [0.05, 0.1) is 6.04 Å². The molecule has 0 unspecified atom stereocenters. The van der Waals surface area contributed by atoms with E-state index < -0.39 is 11.9 Å². The van der Waals surface area contributed by atoms with Crippen LogP contribution in [0.3, 0.4) is 0 Å². The van der Waals surface area contributed by atoms with Gasteiger partial charge in [-0.2, -0.15) is 0 Å². The van der Waals surface area contributed by atoms with Crippen LogP contribution in [0.5, 0.6) is 0 Å². The average molecular weight is 248 g/mol. The number of aliphatic carboxylic acids is 1. The maximum absolute atomic E-state index is 11.7. The van der Waals surface area contributed by atoms with Gasteiger partial charge in [0, 0.05) is 19.6 Å². The zero-order valence-corrected chi connectivity index (χ0v) is 10.2. The van der Waals surface area contributed by atoms with Crippen LogP contribution in [0, 0.1) is 0 Å². The summed E-state index contributed by atoms with van der Waals surface area (Å²) in [6.07, 6.45) is 0. The molecule has 1 amide bonds. The molecule has 5 heteroatoms. The van der Waals surface area contributed by atoms with Gasteiger partial charge >= 0.3 is 11.9 Å². The van der Waals surface area contributed by atoms with Gasteiger partial charge in [0.15, 0.2) is 0 Å². The van der Waals surface area contributed by atoms with Gasteiger partial charge in [-0.25, -0.2) is 4.79 Å². The van der Waals surface area contributed by atoms with Crippen LogP contribution in [0.15, 0.2) is 30.3 Å². The van der Waals surface area contributed by atoms with Crippen molar-refractivity contribution in [2.75, 3.05) is 26.7 Å². The second-order valence-electron chi connectivity index (χ2n) is 4.49. The molecule has 0 bridgehead atoms. The van der Waals surface area contributed by atoms with Gasteiger partial charge in [-0.3, -0.25) is 4.79 Å². The molecule has 1 saturated heterocycles. The van der Waals surface area contributed by atoms with Crippen LogP contribution in [0.25, 0.3) is 0 Å². The zero-order valence-electron chi connectivity index (χ0n) is 10.2. The number of likely N-dealkylation sites (N-methyl/N-ethyl adjacent to an activating group) is 1. The Balaban J connectivity index is 2.27. The molecule has 0 aliphatic carbocycles. The summed E-state index contributed by atoms with van der Waals surface area (Å²) in [5.74, 6) is -2.21. The lowest BCUT2D eigenvalue weighted by Gasteiger charge is -2.39. The molecule has 0 saturated carbocycles. The van der Waals surface area contributed by atoms with Gasteiger partial charge in [-0.15, -0.1) is 0 Å². The van der Waals surface area contributed by atoms with Crippen molar-refractivity contribution in [1.82, 2.24) is 9.80 Å². The highest BCUT2D eigenvalue weighted by Gasteiger charge is 2.33. The molecule has 1 aliphatic rings. The molecular weight excluding hydrogens is 232 g/mol. The van der Waals surface area contributed by atoms with E-state index in [1.807, 2.05) is 37.4 Å². The molecule has 0 radical (unpaired) electrons. The second kappa shape index (κ2) is 5.18. The Hall–Kier alpha value is -1.88. The molecule has 1 N–H and O–H groups in total. The summed E-state index contributed by atoms with van der Waals surface area (Å²) in [7, 11) is 1.97. The number of hydrogen-bond donors (Lipinski definition) is 1. The van der Waals surface area contributed by atoms with Crippen LogP contribution in [0.4, 0.5) is 0 Å². The number of nitrogens with zero attached hydrogens (tertiary/aromatic N) is 2. The van der Waals surface area contributed by atoms with Crippen molar-refractivity contribution in [1.29, 1.82) is 0 Å². The van der Waals surface area contributed by atoms with Crippen molar-refractivity contribution in [3.63, 3.8) is 0 Å². The molecular formula is C13H16N2O3. The number of amides is 1. The van der Waals surface area contributed by atoms with E-state index in [9.17, 15) is 9.59 Å². The van der Waals surface area contributed by atoms with Crippen LogP contribution in [0.2, 0.25) is 0 Å². The summed E-state index contributed by atoms with van der Waals surface area (Å²) >= 11 is 0. The third-order valence-electron chi connectivity index (χ3n) is 3.21. The van der Waals surface area contributed by atoms with Crippen molar-refractivity contribution in [2.45, 2.75) is 6.04 Å². The van der Waals surface area contributed by atoms with E-state index in [2.05, 4.69) is 4.90 Å². The standard InChI is InChI=1S/C13H16N2O3/c1-14-7-8-15(12(16)13(17)18)11(9-14)10-5-3-2-4-6-10/h2-6,11H,7-9H2,1H3,(H,17,18)/t11-/m0/s1. The first-order valence-electron chi connectivity index (χ1n) is 5.87. The number of carboxylic acids is 1. The third kappa shape index (κ3) is 2.51. The number of benzene rings is 1. The maximum atomic E-state index is 11.7. The third-order valence-corrected chi connectivity index (χ3v) is 3.21. The Morgan fingerprint density at radius 1 is 1.22 bits per heavy atom. The van der Waals surface area contributed by atoms with E-state index in [-0.39, 0.29) is 6.04 Å². The summed E-state index contributed by atoms with van der Waals surface area (Å²) in [6.45, 7) is 1.80. The molecule has 1 aromatic rings. The Bertz CT molecular complexity index is 447. The first-order chi connectivity index (χ1) is 8.59. The van der Waals surface area contributed by atoms with E-state index in [0.29, 0.717) is 19.6 Å². The van der Waals surface area contributed by atoms with Crippen molar-refractivity contribution >= 4 is 11.9 Å². The maximum Gasteiger partial charge on any atom is 0.394 e. The number of piperazine rings is 1. The topological polar surface area (TPSA) is 60.9 Å². The summed E-state index contributed by atoms with van der Waals surface area (Å²) in [6, 6.07) is 9.35. The van der Waals surface area contributed by atoms with Crippen LogP contribution < -0.4 is 0 Å².